The predicted molar refractivity (Wildman–Crippen MR) is 88.4 cm³/mol. The van der Waals surface area contributed by atoms with Gasteiger partial charge in [-0.15, -0.1) is 11.3 Å². The van der Waals surface area contributed by atoms with Gasteiger partial charge in [0.05, 0.1) is 11.3 Å². The number of likely N-dealkylation sites (N-methyl/N-ethyl adjacent to an activating group) is 1. The molecule has 1 unspecified atom stereocenters. The van der Waals surface area contributed by atoms with Crippen molar-refractivity contribution in [1.29, 1.82) is 0 Å². The second kappa shape index (κ2) is 7.13. The monoisotopic (exact) mass is 305 g/mol. The van der Waals surface area contributed by atoms with E-state index in [-0.39, 0.29) is 0 Å². The summed E-state index contributed by atoms with van der Waals surface area (Å²) < 4.78 is 0. The molecule has 0 amide bonds. The molecule has 114 valence electrons. The molecule has 0 bridgehead atoms. The number of hydrogen-bond donors (Lipinski definition) is 2. The second-order valence-corrected chi connectivity index (χ2v) is 6.71. The first-order valence-electron chi connectivity index (χ1n) is 7.04. The first-order valence-corrected chi connectivity index (χ1v) is 7.92. The van der Waals surface area contributed by atoms with E-state index < -0.39 is 5.60 Å². The highest BCUT2D eigenvalue weighted by molar-refractivity contribution is 7.13. The van der Waals surface area contributed by atoms with Gasteiger partial charge < -0.3 is 15.3 Å². The zero-order chi connectivity index (χ0) is 15.3. The summed E-state index contributed by atoms with van der Waals surface area (Å²) in [4.78, 5) is 6.61. The molecule has 0 aliphatic carbocycles. The van der Waals surface area contributed by atoms with E-state index in [9.17, 15) is 5.11 Å². The van der Waals surface area contributed by atoms with Crippen LogP contribution in [-0.4, -0.2) is 47.8 Å². The molecule has 0 aliphatic heterocycles. The topological polar surface area (TPSA) is 48.4 Å². The number of aliphatic hydroxyl groups is 1. The van der Waals surface area contributed by atoms with Crippen LogP contribution in [0.2, 0.25) is 0 Å². The Kier molecular flexibility index (Phi) is 5.47. The molecule has 21 heavy (non-hydrogen) atoms. The molecule has 1 aromatic heterocycles. The molecule has 0 saturated heterocycles. The highest BCUT2D eigenvalue weighted by Gasteiger charge is 2.20. The standard InChI is InChI=1S/C16H23N3OS/c1-16(20,12-19(2)3)11-17-9-14-10-21-15(18-14)13-7-5-4-6-8-13/h4-8,10,17,20H,9,11-12H2,1-3H3. The van der Waals surface area contributed by atoms with E-state index in [1.165, 1.54) is 0 Å². The van der Waals surface area contributed by atoms with E-state index in [4.69, 9.17) is 0 Å². The van der Waals surface area contributed by atoms with Gasteiger partial charge in [0.25, 0.3) is 0 Å². The van der Waals surface area contributed by atoms with Crippen molar-refractivity contribution in [3.8, 4) is 10.6 Å². The van der Waals surface area contributed by atoms with Gasteiger partial charge in [0.2, 0.25) is 0 Å². The highest BCUT2D eigenvalue weighted by atomic mass is 32.1. The summed E-state index contributed by atoms with van der Waals surface area (Å²) in [5.41, 5.74) is 1.43. The third-order valence-electron chi connectivity index (χ3n) is 3.04. The Hall–Kier alpha value is -1.27. The SMILES string of the molecule is CN(C)CC(C)(O)CNCc1csc(-c2ccccc2)n1. The van der Waals surface area contributed by atoms with Crippen LogP contribution in [0.3, 0.4) is 0 Å². The van der Waals surface area contributed by atoms with Gasteiger partial charge in [-0.2, -0.15) is 0 Å². The van der Waals surface area contributed by atoms with E-state index in [0.717, 1.165) is 16.3 Å². The molecule has 1 aromatic carbocycles. The molecule has 5 heteroatoms. The van der Waals surface area contributed by atoms with E-state index in [1.807, 2.05) is 44.1 Å². The van der Waals surface area contributed by atoms with Gasteiger partial charge in [-0.3, -0.25) is 0 Å². The lowest BCUT2D eigenvalue weighted by Crippen LogP contribution is -2.45. The van der Waals surface area contributed by atoms with E-state index in [1.54, 1.807) is 11.3 Å². The lowest BCUT2D eigenvalue weighted by molar-refractivity contribution is 0.0335. The molecule has 2 aromatic rings. The van der Waals surface area contributed by atoms with Crippen molar-refractivity contribution in [3.05, 3.63) is 41.4 Å². The summed E-state index contributed by atoms with van der Waals surface area (Å²) in [5, 5.41) is 16.6. The quantitative estimate of drug-likeness (QED) is 0.823. The van der Waals surface area contributed by atoms with Crippen LogP contribution in [0.5, 0.6) is 0 Å². The number of benzene rings is 1. The molecule has 0 spiro atoms. The minimum absolute atomic E-state index is 0.545. The van der Waals surface area contributed by atoms with Crippen LogP contribution in [0.15, 0.2) is 35.7 Å². The van der Waals surface area contributed by atoms with Gasteiger partial charge in [-0.25, -0.2) is 4.98 Å². The lowest BCUT2D eigenvalue weighted by atomic mass is 10.1. The molecular weight excluding hydrogens is 282 g/mol. The number of nitrogens with zero attached hydrogens (tertiary/aromatic N) is 2. The molecule has 0 saturated carbocycles. The normalized spacial score (nSPS) is 14.3. The summed E-state index contributed by atoms with van der Waals surface area (Å²) in [7, 11) is 3.92. The second-order valence-electron chi connectivity index (χ2n) is 5.85. The summed E-state index contributed by atoms with van der Waals surface area (Å²) in [6, 6.07) is 10.2. The average molecular weight is 305 g/mol. The first kappa shape index (κ1) is 16.1. The van der Waals surface area contributed by atoms with Crippen LogP contribution in [0.4, 0.5) is 0 Å². The maximum absolute atomic E-state index is 10.2. The molecular formula is C16H23N3OS. The van der Waals surface area contributed by atoms with Crippen molar-refractivity contribution in [2.24, 2.45) is 0 Å². The zero-order valence-electron chi connectivity index (χ0n) is 12.8. The van der Waals surface area contributed by atoms with Crippen LogP contribution in [0, 0.1) is 0 Å². The van der Waals surface area contributed by atoms with Crippen molar-refractivity contribution in [2.45, 2.75) is 19.1 Å². The maximum Gasteiger partial charge on any atom is 0.123 e. The van der Waals surface area contributed by atoms with Gasteiger partial charge in [-0.05, 0) is 21.0 Å². The van der Waals surface area contributed by atoms with Crippen LogP contribution in [-0.2, 0) is 6.54 Å². The maximum atomic E-state index is 10.2. The number of thiazole rings is 1. The van der Waals surface area contributed by atoms with Gasteiger partial charge in [-0.1, -0.05) is 30.3 Å². The molecule has 4 nitrogen and oxygen atoms in total. The van der Waals surface area contributed by atoms with Crippen molar-refractivity contribution >= 4 is 11.3 Å². The van der Waals surface area contributed by atoms with Gasteiger partial charge >= 0.3 is 0 Å². The lowest BCUT2D eigenvalue weighted by Gasteiger charge is -2.27. The molecule has 0 radical (unpaired) electrons. The fourth-order valence-corrected chi connectivity index (χ4v) is 3.12. The highest BCUT2D eigenvalue weighted by Crippen LogP contribution is 2.23. The van der Waals surface area contributed by atoms with Crippen molar-refractivity contribution in [3.63, 3.8) is 0 Å². The molecule has 2 N–H and O–H groups in total. The fourth-order valence-electron chi connectivity index (χ4n) is 2.30. The van der Waals surface area contributed by atoms with Gasteiger partial charge in [0, 0.05) is 30.6 Å². The molecule has 1 atom stereocenters. The third-order valence-corrected chi connectivity index (χ3v) is 3.98. The number of aromatic nitrogens is 1. The number of nitrogens with one attached hydrogen (secondary N) is 1. The summed E-state index contributed by atoms with van der Waals surface area (Å²) in [6.07, 6.45) is 0. The summed E-state index contributed by atoms with van der Waals surface area (Å²) >= 11 is 1.65. The molecule has 0 aliphatic rings. The Morgan fingerprint density at radius 1 is 1.29 bits per heavy atom. The number of hydrogen-bond acceptors (Lipinski definition) is 5. The molecule has 2 rings (SSSR count). The minimum Gasteiger partial charge on any atom is -0.388 e. The Bertz CT molecular complexity index is 552. The molecule has 1 heterocycles. The third kappa shape index (κ3) is 5.21. The summed E-state index contributed by atoms with van der Waals surface area (Å²) in [6.45, 7) is 3.69. The van der Waals surface area contributed by atoms with Crippen LogP contribution < -0.4 is 5.32 Å². The fraction of sp³-hybridized carbons (Fsp3) is 0.438. The Labute approximate surface area is 130 Å². The largest absolute Gasteiger partial charge is 0.388 e. The smallest absolute Gasteiger partial charge is 0.123 e. The van der Waals surface area contributed by atoms with E-state index >= 15 is 0 Å². The minimum atomic E-state index is -0.734. The van der Waals surface area contributed by atoms with Crippen molar-refractivity contribution in [1.82, 2.24) is 15.2 Å². The van der Waals surface area contributed by atoms with Crippen molar-refractivity contribution < 1.29 is 5.11 Å². The van der Waals surface area contributed by atoms with Crippen LogP contribution in [0.25, 0.3) is 10.6 Å². The Morgan fingerprint density at radius 2 is 2.00 bits per heavy atom. The predicted octanol–water partition coefficient (Wildman–Crippen LogP) is 2.21. The first-order chi connectivity index (χ1) is 9.96. The molecule has 0 fully saturated rings. The van der Waals surface area contributed by atoms with Gasteiger partial charge in [0.1, 0.15) is 5.01 Å². The average Bonchev–Trinajstić information content (AvgIpc) is 2.87. The Morgan fingerprint density at radius 3 is 2.67 bits per heavy atom. The number of rotatable bonds is 7. The van der Waals surface area contributed by atoms with Gasteiger partial charge in [0.15, 0.2) is 0 Å². The Balaban J connectivity index is 1.86. The van der Waals surface area contributed by atoms with Crippen molar-refractivity contribution in [2.75, 3.05) is 27.2 Å². The van der Waals surface area contributed by atoms with E-state index in [2.05, 4.69) is 27.8 Å². The van der Waals surface area contributed by atoms with Crippen LogP contribution in [0.1, 0.15) is 12.6 Å². The van der Waals surface area contributed by atoms with E-state index in [0.29, 0.717) is 19.6 Å². The zero-order valence-corrected chi connectivity index (χ0v) is 13.7. The summed E-state index contributed by atoms with van der Waals surface area (Å²) in [5.74, 6) is 0. The van der Waals surface area contributed by atoms with Crippen LogP contribution >= 0.6 is 11.3 Å².